The molecule has 2 nitrogen and oxygen atoms in total. The molecule has 0 aromatic heterocycles. The minimum atomic E-state index is 0.371. The molecule has 0 radical (unpaired) electrons. The maximum absolute atomic E-state index is 5.70. The van der Waals surface area contributed by atoms with Gasteiger partial charge in [-0.2, -0.15) is 0 Å². The topological polar surface area (TPSA) is 38.0 Å². The number of nitrogens with two attached hydrogens (primary N) is 1. The summed E-state index contributed by atoms with van der Waals surface area (Å²) in [5.41, 5.74) is 5.70. The van der Waals surface area contributed by atoms with Gasteiger partial charge in [0.2, 0.25) is 0 Å². The van der Waals surface area contributed by atoms with E-state index in [9.17, 15) is 0 Å². The summed E-state index contributed by atoms with van der Waals surface area (Å²) in [5, 5.41) is 3.49. The molecule has 0 aliphatic carbocycles. The Kier molecular flexibility index (Phi) is 9.42. The number of hydrogen-bond donors (Lipinski definition) is 2. The van der Waals surface area contributed by atoms with Crippen LogP contribution in [0, 0.1) is 5.92 Å². The van der Waals surface area contributed by atoms with Gasteiger partial charge < -0.3 is 11.1 Å². The van der Waals surface area contributed by atoms with E-state index in [1.165, 1.54) is 45.2 Å². The van der Waals surface area contributed by atoms with E-state index in [0.29, 0.717) is 6.04 Å². The highest BCUT2D eigenvalue weighted by molar-refractivity contribution is 4.60. The summed E-state index contributed by atoms with van der Waals surface area (Å²) in [4.78, 5) is 0. The number of rotatable bonds is 9. The Labute approximate surface area is 89.6 Å². The second-order valence-corrected chi connectivity index (χ2v) is 4.57. The lowest BCUT2D eigenvalue weighted by Gasteiger charge is -2.13. The SMILES string of the molecule is CCCCNCC(C)CCCC(C)N. The highest BCUT2D eigenvalue weighted by Gasteiger charge is 2.02. The normalized spacial score (nSPS) is 15.4. The first-order valence-corrected chi connectivity index (χ1v) is 6.13. The van der Waals surface area contributed by atoms with Crippen LogP contribution in [0.25, 0.3) is 0 Å². The zero-order chi connectivity index (χ0) is 10.8. The molecule has 0 aromatic rings. The van der Waals surface area contributed by atoms with E-state index in [0.717, 1.165) is 5.92 Å². The minimum Gasteiger partial charge on any atom is -0.328 e. The lowest BCUT2D eigenvalue weighted by atomic mass is 10.0. The van der Waals surface area contributed by atoms with Crippen molar-refractivity contribution in [3.8, 4) is 0 Å². The zero-order valence-electron chi connectivity index (χ0n) is 10.2. The van der Waals surface area contributed by atoms with Gasteiger partial charge in [0.25, 0.3) is 0 Å². The van der Waals surface area contributed by atoms with E-state index in [4.69, 9.17) is 5.73 Å². The number of hydrogen-bond acceptors (Lipinski definition) is 2. The van der Waals surface area contributed by atoms with Crippen molar-refractivity contribution in [3.05, 3.63) is 0 Å². The quantitative estimate of drug-likeness (QED) is 0.561. The first kappa shape index (κ1) is 13.9. The largest absolute Gasteiger partial charge is 0.328 e. The van der Waals surface area contributed by atoms with Crippen LogP contribution >= 0.6 is 0 Å². The number of unbranched alkanes of at least 4 members (excludes halogenated alkanes) is 1. The second-order valence-electron chi connectivity index (χ2n) is 4.57. The van der Waals surface area contributed by atoms with Crippen LogP contribution in [0.5, 0.6) is 0 Å². The van der Waals surface area contributed by atoms with Crippen LogP contribution in [0.1, 0.15) is 52.9 Å². The Morgan fingerprint density at radius 3 is 2.43 bits per heavy atom. The molecule has 86 valence electrons. The van der Waals surface area contributed by atoms with Crippen molar-refractivity contribution in [1.82, 2.24) is 5.32 Å². The monoisotopic (exact) mass is 200 g/mol. The van der Waals surface area contributed by atoms with Crippen LogP contribution in [-0.2, 0) is 0 Å². The van der Waals surface area contributed by atoms with Crippen molar-refractivity contribution in [2.45, 2.75) is 58.9 Å². The molecular formula is C12H28N2. The Hall–Kier alpha value is -0.0800. The van der Waals surface area contributed by atoms with Crippen LogP contribution in [0.4, 0.5) is 0 Å². The summed E-state index contributed by atoms with van der Waals surface area (Å²) in [7, 11) is 0. The average Bonchev–Trinajstić information content (AvgIpc) is 2.12. The first-order chi connectivity index (χ1) is 6.66. The summed E-state index contributed by atoms with van der Waals surface area (Å²) in [6, 6.07) is 0.371. The van der Waals surface area contributed by atoms with Crippen molar-refractivity contribution in [3.63, 3.8) is 0 Å². The maximum Gasteiger partial charge on any atom is 0.00104 e. The van der Waals surface area contributed by atoms with Crippen molar-refractivity contribution < 1.29 is 0 Å². The van der Waals surface area contributed by atoms with Gasteiger partial charge in [-0.05, 0) is 45.2 Å². The molecule has 2 unspecified atom stereocenters. The summed E-state index contributed by atoms with van der Waals surface area (Å²) in [5.74, 6) is 0.797. The van der Waals surface area contributed by atoms with Gasteiger partial charge >= 0.3 is 0 Å². The Morgan fingerprint density at radius 1 is 1.14 bits per heavy atom. The highest BCUT2D eigenvalue weighted by Crippen LogP contribution is 2.07. The smallest absolute Gasteiger partial charge is 0.00104 e. The van der Waals surface area contributed by atoms with Gasteiger partial charge in [0.15, 0.2) is 0 Å². The zero-order valence-corrected chi connectivity index (χ0v) is 10.2. The fourth-order valence-electron chi connectivity index (χ4n) is 1.54. The summed E-state index contributed by atoms with van der Waals surface area (Å²) >= 11 is 0. The van der Waals surface area contributed by atoms with E-state index in [1.54, 1.807) is 0 Å². The van der Waals surface area contributed by atoms with Gasteiger partial charge in [-0.15, -0.1) is 0 Å². The van der Waals surface area contributed by atoms with E-state index in [2.05, 4.69) is 26.1 Å². The third-order valence-corrected chi connectivity index (χ3v) is 2.56. The Balaban J connectivity index is 3.15. The molecule has 0 spiro atoms. The molecule has 0 amide bonds. The Morgan fingerprint density at radius 2 is 1.86 bits per heavy atom. The van der Waals surface area contributed by atoms with Gasteiger partial charge in [-0.25, -0.2) is 0 Å². The van der Waals surface area contributed by atoms with Crippen LogP contribution in [-0.4, -0.2) is 19.1 Å². The molecule has 14 heavy (non-hydrogen) atoms. The van der Waals surface area contributed by atoms with Crippen LogP contribution < -0.4 is 11.1 Å². The molecule has 2 heteroatoms. The van der Waals surface area contributed by atoms with Gasteiger partial charge in [0, 0.05) is 6.04 Å². The van der Waals surface area contributed by atoms with Crippen molar-refractivity contribution in [1.29, 1.82) is 0 Å². The van der Waals surface area contributed by atoms with Gasteiger partial charge in [-0.1, -0.05) is 26.7 Å². The van der Waals surface area contributed by atoms with Crippen molar-refractivity contribution in [2.75, 3.05) is 13.1 Å². The van der Waals surface area contributed by atoms with Gasteiger partial charge in [0.1, 0.15) is 0 Å². The lowest BCUT2D eigenvalue weighted by molar-refractivity contribution is 0.446. The third-order valence-electron chi connectivity index (χ3n) is 2.56. The average molecular weight is 200 g/mol. The molecule has 0 fully saturated rings. The standard InChI is InChI=1S/C12H28N2/c1-4-5-9-14-10-11(2)7-6-8-12(3)13/h11-12,14H,4-10,13H2,1-3H3. The second kappa shape index (κ2) is 9.47. The first-order valence-electron chi connectivity index (χ1n) is 6.13. The summed E-state index contributed by atoms with van der Waals surface area (Å²) in [6.45, 7) is 8.98. The molecule has 0 saturated heterocycles. The molecular weight excluding hydrogens is 172 g/mol. The minimum absolute atomic E-state index is 0.371. The molecule has 2 atom stereocenters. The third kappa shape index (κ3) is 10.0. The van der Waals surface area contributed by atoms with Gasteiger partial charge in [0.05, 0.1) is 0 Å². The van der Waals surface area contributed by atoms with E-state index in [1.807, 2.05) is 0 Å². The molecule has 0 aliphatic rings. The van der Waals surface area contributed by atoms with E-state index >= 15 is 0 Å². The van der Waals surface area contributed by atoms with Crippen molar-refractivity contribution in [2.24, 2.45) is 11.7 Å². The molecule has 0 bridgehead atoms. The number of nitrogens with one attached hydrogen (secondary N) is 1. The lowest BCUT2D eigenvalue weighted by Crippen LogP contribution is -2.22. The van der Waals surface area contributed by atoms with Crippen LogP contribution in [0.3, 0.4) is 0 Å². The van der Waals surface area contributed by atoms with E-state index < -0.39 is 0 Å². The predicted molar refractivity (Wildman–Crippen MR) is 64.4 cm³/mol. The van der Waals surface area contributed by atoms with E-state index in [-0.39, 0.29) is 0 Å². The van der Waals surface area contributed by atoms with Crippen molar-refractivity contribution >= 4 is 0 Å². The molecule has 0 aromatic carbocycles. The Bertz CT molecular complexity index is 113. The molecule has 0 rings (SSSR count). The highest BCUT2D eigenvalue weighted by atomic mass is 14.8. The predicted octanol–water partition coefficient (Wildman–Crippen LogP) is 2.53. The molecule has 0 saturated carbocycles. The fraction of sp³-hybridized carbons (Fsp3) is 1.00. The van der Waals surface area contributed by atoms with Crippen LogP contribution in [0.15, 0.2) is 0 Å². The summed E-state index contributed by atoms with van der Waals surface area (Å²) < 4.78 is 0. The fourth-order valence-corrected chi connectivity index (χ4v) is 1.54. The summed E-state index contributed by atoms with van der Waals surface area (Å²) in [6.07, 6.45) is 6.33. The molecule has 3 N–H and O–H groups in total. The van der Waals surface area contributed by atoms with Gasteiger partial charge in [-0.3, -0.25) is 0 Å². The van der Waals surface area contributed by atoms with Crippen LogP contribution in [0.2, 0.25) is 0 Å². The molecule has 0 aliphatic heterocycles. The maximum atomic E-state index is 5.70. The molecule has 0 heterocycles.